The molecule has 1 saturated carbocycles. The van der Waals surface area contributed by atoms with Crippen molar-refractivity contribution in [2.75, 3.05) is 13.2 Å². The number of aliphatic hydroxyl groups is 1. The number of hydrogen-bond acceptors (Lipinski definition) is 2. The summed E-state index contributed by atoms with van der Waals surface area (Å²) in [5.74, 6) is 0.947. The van der Waals surface area contributed by atoms with Gasteiger partial charge in [0.2, 0.25) is 0 Å². The molecule has 12 heavy (non-hydrogen) atoms. The van der Waals surface area contributed by atoms with E-state index in [-0.39, 0.29) is 0 Å². The first-order valence-corrected chi connectivity index (χ1v) is 5.01. The van der Waals surface area contributed by atoms with Crippen molar-refractivity contribution in [2.45, 2.75) is 38.2 Å². The molecule has 1 aliphatic carbocycles. The van der Waals surface area contributed by atoms with Gasteiger partial charge in [-0.15, -0.1) is 0 Å². The molecule has 2 atom stereocenters. The van der Waals surface area contributed by atoms with Crippen molar-refractivity contribution < 1.29 is 9.84 Å². The molecule has 70 valence electrons. The Morgan fingerprint density at radius 3 is 2.50 bits per heavy atom. The summed E-state index contributed by atoms with van der Waals surface area (Å²) in [7, 11) is 0. The van der Waals surface area contributed by atoms with Crippen molar-refractivity contribution in [3.8, 4) is 0 Å². The zero-order chi connectivity index (χ0) is 8.60. The fourth-order valence-corrected chi connectivity index (χ4v) is 2.20. The van der Waals surface area contributed by atoms with Gasteiger partial charge in [-0.2, -0.15) is 0 Å². The smallest absolute Gasteiger partial charge is 0.0697 e. The number of ether oxygens (including phenoxy) is 1. The summed E-state index contributed by atoms with van der Waals surface area (Å²) in [4.78, 5) is 0. The fourth-order valence-electron chi connectivity index (χ4n) is 2.20. The van der Waals surface area contributed by atoms with Crippen molar-refractivity contribution in [3.63, 3.8) is 0 Å². The van der Waals surface area contributed by atoms with Gasteiger partial charge in [-0.05, 0) is 38.5 Å². The van der Waals surface area contributed by atoms with Crippen LogP contribution in [0.15, 0.2) is 0 Å². The third-order valence-electron chi connectivity index (χ3n) is 3.39. The van der Waals surface area contributed by atoms with Gasteiger partial charge in [-0.1, -0.05) is 0 Å². The average Bonchev–Trinajstić information content (AvgIpc) is 2.88. The third kappa shape index (κ3) is 1.50. The van der Waals surface area contributed by atoms with E-state index in [1.807, 2.05) is 6.92 Å². The van der Waals surface area contributed by atoms with E-state index in [0.717, 1.165) is 26.1 Å². The summed E-state index contributed by atoms with van der Waals surface area (Å²) in [5, 5.41) is 10.2. The van der Waals surface area contributed by atoms with Gasteiger partial charge in [-0.3, -0.25) is 0 Å². The quantitative estimate of drug-likeness (QED) is 0.681. The standard InChI is InChI=1S/C10H18O2/c1-10(11,8-4-5-8)9-3-2-6-12-7-9/h8-9,11H,2-7H2,1H3/t9-,10-/m0/s1. The molecule has 2 aliphatic rings. The average molecular weight is 170 g/mol. The van der Waals surface area contributed by atoms with Crippen LogP contribution in [0.3, 0.4) is 0 Å². The maximum absolute atomic E-state index is 10.2. The molecule has 0 bridgehead atoms. The molecule has 0 amide bonds. The van der Waals surface area contributed by atoms with E-state index in [0.29, 0.717) is 11.8 Å². The summed E-state index contributed by atoms with van der Waals surface area (Å²) in [6, 6.07) is 0. The first kappa shape index (κ1) is 8.52. The zero-order valence-corrected chi connectivity index (χ0v) is 7.75. The number of hydrogen-bond donors (Lipinski definition) is 1. The van der Waals surface area contributed by atoms with Gasteiger partial charge in [0, 0.05) is 12.5 Å². The van der Waals surface area contributed by atoms with Crippen LogP contribution >= 0.6 is 0 Å². The van der Waals surface area contributed by atoms with Gasteiger partial charge in [0.25, 0.3) is 0 Å². The van der Waals surface area contributed by atoms with Gasteiger partial charge in [-0.25, -0.2) is 0 Å². The Kier molecular flexibility index (Phi) is 2.13. The maximum Gasteiger partial charge on any atom is 0.0697 e. The topological polar surface area (TPSA) is 29.5 Å². The van der Waals surface area contributed by atoms with Gasteiger partial charge < -0.3 is 9.84 Å². The first-order valence-electron chi connectivity index (χ1n) is 5.01. The third-order valence-corrected chi connectivity index (χ3v) is 3.39. The molecule has 1 N–H and O–H groups in total. The fraction of sp³-hybridized carbons (Fsp3) is 1.00. The van der Waals surface area contributed by atoms with Crippen LogP contribution in [0.4, 0.5) is 0 Å². The highest BCUT2D eigenvalue weighted by Crippen LogP contribution is 2.45. The molecule has 0 unspecified atom stereocenters. The molecule has 0 radical (unpaired) electrons. The second-order valence-corrected chi connectivity index (χ2v) is 4.41. The minimum atomic E-state index is -0.444. The van der Waals surface area contributed by atoms with E-state index in [4.69, 9.17) is 4.74 Å². The molecular weight excluding hydrogens is 152 g/mol. The van der Waals surface area contributed by atoms with Crippen LogP contribution in [0, 0.1) is 11.8 Å². The molecule has 0 aromatic carbocycles. The lowest BCUT2D eigenvalue weighted by atomic mass is 9.81. The summed E-state index contributed by atoms with van der Waals surface area (Å²) >= 11 is 0. The molecule has 2 nitrogen and oxygen atoms in total. The predicted molar refractivity (Wildman–Crippen MR) is 46.9 cm³/mol. The van der Waals surface area contributed by atoms with Crippen molar-refractivity contribution in [1.29, 1.82) is 0 Å². The van der Waals surface area contributed by atoms with Crippen LogP contribution < -0.4 is 0 Å². The van der Waals surface area contributed by atoms with Crippen LogP contribution in [-0.2, 0) is 4.74 Å². The molecule has 1 aliphatic heterocycles. The molecule has 1 saturated heterocycles. The highest BCUT2D eigenvalue weighted by Gasteiger charge is 2.45. The van der Waals surface area contributed by atoms with Crippen LogP contribution in [0.5, 0.6) is 0 Å². The summed E-state index contributed by atoms with van der Waals surface area (Å²) in [6.45, 7) is 3.64. The Labute approximate surface area is 73.9 Å². The highest BCUT2D eigenvalue weighted by molar-refractivity contribution is 4.96. The first-order chi connectivity index (χ1) is 5.71. The lowest BCUT2D eigenvalue weighted by Crippen LogP contribution is -2.41. The van der Waals surface area contributed by atoms with Crippen LogP contribution in [0.1, 0.15) is 32.6 Å². The zero-order valence-electron chi connectivity index (χ0n) is 7.75. The molecule has 2 heteroatoms. The molecule has 1 heterocycles. The molecular formula is C10H18O2. The SMILES string of the molecule is C[C@](O)(C1CC1)[C@H]1CCCOC1. The lowest BCUT2D eigenvalue weighted by molar-refractivity contribution is -0.0807. The minimum absolute atomic E-state index is 0.388. The van der Waals surface area contributed by atoms with E-state index in [1.54, 1.807) is 0 Å². The van der Waals surface area contributed by atoms with Gasteiger partial charge in [0.05, 0.1) is 12.2 Å². The van der Waals surface area contributed by atoms with Gasteiger partial charge >= 0.3 is 0 Å². The maximum atomic E-state index is 10.2. The van der Waals surface area contributed by atoms with E-state index < -0.39 is 5.60 Å². The second-order valence-electron chi connectivity index (χ2n) is 4.41. The van der Waals surface area contributed by atoms with E-state index >= 15 is 0 Å². The second kappa shape index (κ2) is 3.00. The Morgan fingerprint density at radius 2 is 2.00 bits per heavy atom. The molecule has 0 aromatic rings. The Morgan fingerprint density at radius 1 is 1.25 bits per heavy atom. The highest BCUT2D eigenvalue weighted by atomic mass is 16.5. The van der Waals surface area contributed by atoms with Crippen molar-refractivity contribution in [2.24, 2.45) is 11.8 Å². The summed E-state index contributed by atoms with van der Waals surface area (Å²) < 4.78 is 5.39. The van der Waals surface area contributed by atoms with Crippen LogP contribution in [0.2, 0.25) is 0 Å². The molecule has 2 fully saturated rings. The van der Waals surface area contributed by atoms with E-state index in [9.17, 15) is 5.11 Å². The molecule has 0 spiro atoms. The molecule has 0 aromatic heterocycles. The van der Waals surface area contributed by atoms with Gasteiger partial charge in [0.15, 0.2) is 0 Å². The lowest BCUT2D eigenvalue weighted by Gasteiger charge is -2.35. The number of rotatable bonds is 2. The Balaban J connectivity index is 1.95. The largest absolute Gasteiger partial charge is 0.390 e. The van der Waals surface area contributed by atoms with Crippen molar-refractivity contribution in [1.82, 2.24) is 0 Å². The van der Waals surface area contributed by atoms with E-state index in [1.165, 1.54) is 12.8 Å². The summed E-state index contributed by atoms with van der Waals surface area (Å²) in [5.41, 5.74) is -0.444. The normalized spacial score (nSPS) is 36.0. The van der Waals surface area contributed by atoms with Crippen LogP contribution in [-0.4, -0.2) is 23.9 Å². The summed E-state index contributed by atoms with van der Waals surface area (Å²) in [6.07, 6.45) is 4.68. The predicted octanol–water partition coefficient (Wildman–Crippen LogP) is 1.57. The van der Waals surface area contributed by atoms with Crippen molar-refractivity contribution >= 4 is 0 Å². The monoisotopic (exact) mass is 170 g/mol. The molecule has 2 rings (SSSR count). The van der Waals surface area contributed by atoms with Crippen molar-refractivity contribution in [3.05, 3.63) is 0 Å². The minimum Gasteiger partial charge on any atom is -0.390 e. The van der Waals surface area contributed by atoms with Crippen LogP contribution in [0.25, 0.3) is 0 Å². The van der Waals surface area contributed by atoms with Gasteiger partial charge in [0.1, 0.15) is 0 Å². The van der Waals surface area contributed by atoms with E-state index in [2.05, 4.69) is 0 Å². The Hall–Kier alpha value is -0.0800. The Bertz CT molecular complexity index is 155.